The molecule has 0 radical (unpaired) electrons. The van der Waals surface area contributed by atoms with Crippen molar-refractivity contribution in [3.8, 4) is 11.5 Å². The third-order valence-corrected chi connectivity index (χ3v) is 3.44. The van der Waals surface area contributed by atoms with Crippen LogP contribution in [0.2, 0.25) is 5.02 Å². The molecule has 4 heteroatoms. The average molecular weight is 292 g/mol. The van der Waals surface area contributed by atoms with E-state index in [1.54, 1.807) is 7.11 Å². The Labute approximate surface area is 124 Å². The topological polar surface area (TPSA) is 44.5 Å². The van der Waals surface area contributed by atoms with E-state index in [1.807, 2.05) is 43.3 Å². The third-order valence-electron chi connectivity index (χ3n) is 3.09. The van der Waals surface area contributed by atoms with E-state index in [0.29, 0.717) is 18.2 Å². The molecule has 0 fully saturated rings. The van der Waals surface area contributed by atoms with Crippen molar-refractivity contribution in [2.45, 2.75) is 20.1 Å². The van der Waals surface area contributed by atoms with E-state index in [2.05, 4.69) is 0 Å². The van der Waals surface area contributed by atoms with Crippen molar-refractivity contribution in [1.82, 2.24) is 0 Å². The number of ether oxygens (including phenoxy) is 2. The summed E-state index contributed by atoms with van der Waals surface area (Å²) in [6.07, 6.45) is 0. The molecular formula is C16H18ClNO2. The van der Waals surface area contributed by atoms with E-state index in [-0.39, 0.29) is 0 Å². The molecule has 2 aromatic rings. The van der Waals surface area contributed by atoms with Crippen LogP contribution in [0.5, 0.6) is 11.5 Å². The fourth-order valence-electron chi connectivity index (χ4n) is 1.89. The van der Waals surface area contributed by atoms with Crippen LogP contribution in [0, 0.1) is 6.92 Å². The van der Waals surface area contributed by atoms with Crippen molar-refractivity contribution in [3.05, 3.63) is 58.1 Å². The van der Waals surface area contributed by atoms with E-state index >= 15 is 0 Å². The van der Waals surface area contributed by atoms with Crippen molar-refractivity contribution < 1.29 is 9.47 Å². The Morgan fingerprint density at radius 2 is 1.85 bits per heavy atom. The normalized spacial score (nSPS) is 10.4. The van der Waals surface area contributed by atoms with E-state index in [1.165, 1.54) is 0 Å². The summed E-state index contributed by atoms with van der Waals surface area (Å²) in [5.74, 6) is 1.47. The maximum Gasteiger partial charge on any atom is 0.127 e. The smallest absolute Gasteiger partial charge is 0.127 e. The van der Waals surface area contributed by atoms with Gasteiger partial charge in [-0.15, -0.1) is 0 Å². The van der Waals surface area contributed by atoms with Gasteiger partial charge in [-0.2, -0.15) is 0 Å². The van der Waals surface area contributed by atoms with E-state index in [4.69, 9.17) is 26.8 Å². The molecule has 0 unspecified atom stereocenters. The lowest BCUT2D eigenvalue weighted by Gasteiger charge is -2.13. The zero-order chi connectivity index (χ0) is 14.5. The van der Waals surface area contributed by atoms with Crippen LogP contribution >= 0.6 is 11.6 Å². The molecule has 0 aliphatic carbocycles. The lowest BCUT2D eigenvalue weighted by Crippen LogP contribution is -2.03. The Balaban J connectivity index is 2.17. The van der Waals surface area contributed by atoms with Gasteiger partial charge in [0.25, 0.3) is 0 Å². The van der Waals surface area contributed by atoms with E-state index in [0.717, 1.165) is 28.2 Å². The summed E-state index contributed by atoms with van der Waals surface area (Å²) in [5, 5.41) is 0.710. The minimum absolute atomic E-state index is 0.402. The number of rotatable bonds is 5. The lowest BCUT2D eigenvalue weighted by molar-refractivity contribution is 0.300. The Kier molecular flexibility index (Phi) is 4.88. The monoisotopic (exact) mass is 291 g/mol. The molecule has 3 nitrogen and oxygen atoms in total. The van der Waals surface area contributed by atoms with Gasteiger partial charge in [0.05, 0.1) is 7.11 Å². The van der Waals surface area contributed by atoms with Crippen LogP contribution in [-0.2, 0) is 13.2 Å². The number of hydrogen-bond donors (Lipinski definition) is 1. The van der Waals surface area contributed by atoms with Gasteiger partial charge in [-0.25, -0.2) is 0 Å². The van der Waals surface area contributed by atoms with Gasteiger partial charge in [0.2, 0.25) is 0 Å². The van der Waals surface area contributed by atoms with Crippen molar-refractivity contribution >= 4 is 11.6 Å². The highest BCUT2D eigenvalue weighted by Gasteiger charge is 2.07. The second-order valence-corrected chi connectivity index (χ2v) is 4.97. The predicted molar refractivity (Wildman–Crippen MR) is 81.4 cm³/mol. The van der Waals surface area contributed by atoms with Crippen LogP contribution in [0.15, 0.2) is 36.4 Å². The van der Waals surface area contributed by atoms with Gasteiger partial charge >= 0.3 is 0 Å². The highest BCUT2D eigenvalue weighted by atomic mass is 35.5. The fourth-order valence-corrected chi connectivity index (χ4v) is 2.18. The summed E-state index contributed by atoms with van der Waals surface area (Å²) in [4.78, 5) is 0. The SMILES string of the molecule is COc1ccc(CN)c(OCc2ccc(C)cc2Cl)c1. The summed E-state index contributed by atoms with van der Waals surface area (Å²) in [6.45, 7) is 2.82. The van der Waals surface area contributed by atoms with Crippen LogP contribution in [0.25, 0.3) is 0 Å². The Morgan fingerprint density at radius 1 is 1.10 bits per heavy atom. The maximum atomic E-state index is 6.20. The van der Waals surface area contributed by atoms with Crippen LogP contribution in [0.1, 0.15) is 16.7 Å². The van der Waals surface area contributed by atoms with Gasteiger partial charge in [-0.3, -0.25) is 0 Å². The molecule has 0 bridgehead atoms. The number of nitrogens with two attached hydrogens (primary N) is 1. The Hall–Kier alpha value is -1.71. The first-order valence-corrected chi connectivity index (χ1v) is 6.76. The van der Waals surface area contributed by atoms with Crippen LogP contribution < -0.4 is 15.2 Å². The number of benzene rings is 2. The summed E-state index contributed by atoms with van der Waals surface area (Å²) in [5.41, 5.74) is 8.73. The number of hydrogen-bond acceptors (Lipinski definition) is 3. The fraction of sp³-hybridized carbons (Fsp3) is 0.250. The second kappa shape index (κ2) is 6.64. The first-order valence-electron chi connectivity index (χ1n) is 6.39. The molecule has 0 amide bonds. The van der Waals surface area contributed by atoms with Gasteiger partial charge in [-0.05, 0) is 24.6 Å². The Morgan fingerprint density at radius 3 is 2.50 bits per heavy atom. The van der Waals surface area contributed by atoms with Gasteiger partial charge in [-0.1, -0.05) is 29.8 Å². The van der Waals surface area contributed by atoms with Crippen LogP contribution in [0.3, 0.4) is 0 Å². The van der Waals surface area contributed by atoms with Crippen molar-refractivity contribution in [2.24, 2.45) is 5.73 Å². The van der Waals surface area contributed by atoms with Crippen molar-refractivity contribution in [2.75, 3.05) is 7.11 Å². The summed E-state index contributed by atoms with van der Waals surface area (Å²) < 4.78 is 11.0. The average Bonchev–Trinajstić information content (AvgIpc) is 2.46. The van der Waals surface area contributed by atoms with Crippen LogP contribution in [-0.4, -0.2) is 7.11 Å². The largest absolute Gasteiger partial charge is 0.497 e. The molecule has 0 aliphatic heterocycles. The van der Waals surface area contributed by atoms with Gasteiger partial charge in [0.1, 0.15) is 18.1 Å². The lowest BCUT2D eigenvalue weighted by atomic mass is 10.1. The third kappa shape index (κ3) is 3.44. The number of halogens is 1. The molecule has 2 N–H and O–H groups in total. The van der Waals surface area contributed by atoms with Gasteiger partial charge < -0.3 is 15.2 Å². The predicted octanol–water partition coefficient (Wildman–Crippen LogP) is 3.69. The standard InChI is InChI=1S/C16H18ClNO2/c1-11-3-4-13(15(17)7-11)10-20-16-8-14(19-2)6-5-12(16)9-18/h3-8H,9-10,18H2,1-2H3. The minimum atomic E-state index is 0.402. The molecule has 0 atom stereocenters. The summed E-state index contributed by atoms with van der Waals surface area (Å²) in [7, 11) is 1.62. The molecule has 106 valence electrons. The zero-order valence-corrected chi connectivity index (χ0v) is 12.4. The van der Waals surface area contributed by atoms with E-state index in [9.17, 15) is 0 Å². The van der Waals surface area contributed by atoms with Crippen molar-refractivity contribution in [1.29, 1.82) is 0 Å². The minimum Gasteiger partial charge on any atom is -0.497 e. The highest BCUT2D eigenvalue weighted by molar-refractivity contribution is 6.31. The molecule has 0 spiro atoms. The second-order valence-electron chi connectivity index (χ2n) is 4.56. The van der Waals surface area contributed by atoms with E-state index < -0.39 is 0 Å². The maximum absolute atomic E-state index is 6.20. The molecule has 2 rings (SSSR count). The molecular weight excluding hydrogens is 274 g/mol. The molecule has 0 aromatic heterocycles. The molecule has 0 saturated carbocycles. The quantitative estimate of drug-likeness (QED) is 0.913. The molecule has 0 aliphatic rings. The Bertz CT molecular complexity index is 599. The molecule has 0 saturated heterocycles. The molecule has 20 heavy (non-hydrogen) atoms. The number of methoxy groups -OCH3 is 1. The highest BCUT2D eigenvalue weighted by Crippen LogP contribution is 2.26. The summed E-state index contributed by atoms with van der Waals surface area (Å²) in [6, 6.07) is 11.5. The van der Waals surface area contributed by atoms with Gasteiger partial charge in [0.15, 0.2) is 0 Å². The van der Waals surface area contributed by atoms with Crippen LogP contribution in [0.4, 0.5) is 0 Å². The van der Waals surface area contributed by atoms with Gasteiger partial charge in [0, 0.05) is 28.8 Å². The first-order chi connectivity index (χ1) is 9.63. The van der Waals surface area contributed by atoms with Crippen molar-refractivity contribution in [3.63, 3.8) is 0 Å². The molecule has 2 aromatic carbocycles. The number of aryl methyl sites for hydroxylation is 1. The molecule has 0 heterocycles. The summed E-state index contributed by atoms with van der Waals surface area (Å²) >= 11 is 6.20. The zero-order valence-electron chi connectivity index (χ0n) is 11.7. The first kappa shape index (κ1) is 14.7.